The molecule has 6 heteroatoms. The first-order valence-corrected chi connectivity index (χ1v) is 6.14. The smallest absolute Gasteiger partial charge is 0.253 e. The van der Waals surface area contributed by atoms with Gasteiger partial charge in [0.2, 0.25) is 10.0 Å². The Kier molecular flexibility index (Phi) is 4.54. The molecule has 0 aliphatic rings. The third-order valence-electron chi connectivity index (χ3n) is 1.91. The zero-order chi connectivity index (χ0) is 11.4. The molecular formula is C8H18N2O3S. The Labute approximate surface area is 85.3 Å². The van der Waals surface area contributed by atoms with Crippen molar-refractivity contribution in [1.29, 1.82) is 0 Å². The molecule has 0 aromatic rings. The van der Waals surface area contributed by atoms with Gasteiger partial charge >= 0.3 is 0 Å². The summed E-state index contributed by atoms with van der Waals surface area (Å²) < 4.78 is 24.5. The van der Waals surface area contributed by atoms with Gasteiger partial charge in [-0.1, -0.05) is 6.92 Å². The molecule has 0 spiro atoms. The van der Waals surface area contributed by atoms with Crippen molar-refractivity contribution >= 4 is 15.9 Å². The van der Waals surface area contributed by atoms with Gasteiger partial charge in [0.25, 0.3) is 5.91 Å². The normalized spacial score (nSPS) is 12.6. The molecule has 0 atom stereocenters. The van der Waals surface area contributed by atoms with Crippen molar-refractivity contribution in [2.75, 3.05) is 12.8 Å². The first-order chi connectivity index (χ1) is 6.25. The number of hydrogen-bond donors (Lipinski definition) is 2. The predicted octanol–water partition coefficient (Wildman–Crippen LogP) is -0.160. The maximum Gasteiger partial charge on any atom is 0.253 e. The molecule has 84 valence electrons. The molecule has 2 N–H and O–H groups in total. The summed E-state index contributed by atoms with van der Waals surface area (Å²) in [6.45, 7) is 4.97. The van der Waals surface area contributed by atoms with E-state index in [1.807, 2.05) is 4.72 Å². The van der Waals surface area contributed by atoms with E-state index in [2.05, 4.69) is 5.32 Å². The molecule has 0 fully saturated rings. The molecule has 1 amide bonds. The van der Waals surface area contributed by atoms with E-state index >= 15 is 0 Å². The number of nitrogens with one attached hydrogen (secondary N) is 2. The van der Waals surface area contributed by atoms with Crippen LogP contribution < -0.4 is 10.0 Å². The monoisotopic (exact) mass is 222 g/mol. The van der Waals surface area contributed by atoms with Crippen molar-refractivity contribution < 1.29 is 13.2 Å². The summed E-state index contributed by atoms with van der Waals surface area (Å²) >= 11 is 0. The fraction of sp³-hybridized carbons (Fsp3) is 0.875. The maximum absolute atomic E-state index is 11.4. The third-order valence-corrected chi connectivity index (χ3v) is 3.36. The molecule has 14 heavy (non-hydrogen) atoms. The molecule has 0 aromatic carbocycles. The quantitative estimate of drug-likeness (QED) is 0.678. The van der Waals surface area contributed by atoms with Gasteiger partial charge < -0.3 is 5.32 Å². The van der Waals surface area contributed by atoms with Crippen molar-refractivity contribution in [2.45, 2.75) is 32.7 Å². The molecular weight excluding hydrogens is 204 g/mol. The van der Waals surface area contributed by atoms with E-state index in [0.717, 1.165) is 0 Å². The highest BCUT2D eigenvalue weighted by molar-refractivity contribution is 7.90. The van der Waals surface area contributed by atoms with E-state index < -0.39 is 21.5 Å². The second kappa shape index (κ2) is 4.75. The van der Waals surface area contributed by atoms with Crippen LogP contribution in [0, 0.1) is 0 Å². The molecule has 0 heterocycles. The number of carbonyl (C=O) groups is 1. The van der Waals surface area contributed by atoms with Crippen LogP contribution in [0.25, 0.3) is 0 Å². The number of likely N-dealkylation sites (N-methyl/N-ethyl adjacent to an activating group) is 1. The highest BCUT2D eigenvalue weighted by atomic mass is 32.2. The fourth-order valence-electron chi connectivity index (χ4n) is 0.702. The summed E-state index contributed by atoms with van der Waals surface area (Å²) in [5.41, 5.74) is -0.874. The van der Waals surface area contributed by atoms with Gasteiger partial charge in [-0.2, -0.15) is 0 Å². The van der Waals surface area contributed by atoms with Crippen LogP contribution in [0.3, 0.4) is 0 Å². The second-order valence-corrected chi connectivity index (χ2v) is 5.47. The van der Waals surface area contributed by atoms with Crippen LogP contribution in [0.4, 0.5) is 0 Å². The van der Waals surface area contributed by atoms with Crippen LogP contribution in [0.15, 0.2) is 0 Å². The number of sulfonamides is 1. The van der Waals surface area contributed by atoms with Crippen LogP contribution in [0.2, 0.25) is 0 Å². The zero-order valence-electron chi connectivity index (χ0n) is 9.05. The van der Waals surface area contributed by atoms with Gasteiger partial charge in [-0.3, -0.25) is 9.52 Å². The van der Waals surface area contributed by atoms with E-state index in [4.69, 9.17) is 0 Å². The van der Waals surface area contributed by atoms with Crippen molar-refractivity contribution in [3.05, 3.63) is 0 Å². The van der Waals surface area contributed by atoms with Crippen LogP contribution in [-0.4, -0.2) is 32.7 Å². The van der Waals surface area contributed by atoms with Gasteiger partial charge in [0, 0.05) is 0 Å². The van der Waals surface area contributed by atoms with Crippen molar-refractivity contribution in [3.63, 3.8) is 0 Å². The topological polar surface area (TPSA) is 75.3 Å². The van der Waals surface area contributed by atoms with Gasteiger partial charge in [0.1, 0.15) is 0 Å². The fourth-order valence-corrected chi connectivity index (χ4v) is 1.88. The Bertz CT molecular complexity index is 296. The van der Waals surface area contributed by atoms with Crippen molar-refractivity contribution in [3.8, 4) is 0 Å². The standard InChI is InChI=1S/C8H18N2O3S/c1-5-6-14(12,13)10-7(11)8(2,3)9-4/h9H,5-6H2,1-4H3,(H,10,11). The van der Waals surface area contributed by atoms with Gasteiger partial charge in [-0.25, -0.2) is 8.42 Å². The lowest BCUT2D eigenvalue weighted by atomic mass is 10.1. The molecule has 0 bridgehead atoms. The maximum atomic E-state index is 11.4. The first kappa shape index (κ1) is 13.4. The molecule has 0 saturated heterocycles. The van der Waals surface area contributed by atoms with Crippen LogP contribution >= 0.6 is 0 Å². The Balaban J connectivity index is 4.48. The van der Waals surface area contributed by atoms with E-state index in [0.29, 0.717) is 6.42 Å². The van der Waals surface area contributed by atoms with E-state index in [9.17, 15) is 13.2 Å². The minimum absolute atomic E-state index is 0.0292. The highest BCUT2D eigenvalue weighted by Crippen LogP contribution is 2.02. The first-order valence-electron chi connectivity index (χ1n) is 4.49. The van der Waals surface area contributed by atoms with Gasteiger partial charge in [-0.15, -0.1) is 0 Å². The van der Waals surface area contributed by atoms with Crippen LogP contribution in [0.1, 0.15) is 27.2 Å². The van der Waals surface area contributed by atoms with Gasteiger partial charge in [0.15, 0.2) is 0 Å². The minimum Gasteiger partial charge on any atom is -0.307 e. The SMILES string of the molecule is CCCS(=O)(=O)NC(=O)C(C)(C)NC. The lowest BCUT2D eigenvalue weighted by Gasteiger charge is -2.22. The lowest BCUT2D eigenvalue weighted by molar-refractivity contribution is -0.124. The lowest BCUT2D eigenvalue weighted by Crippen LogP contribution is -2.52. The summed E-state index contributed by atoms with van der Waals surface area (Å²) in [6, 6.07) is 0. The number of rotatable bonds is 5. The second-order valence-electron chi connectivity index (χ2n) is 3.63. The molecule has 0 aromatic heterocycles. The molecule has 0 aliphatic carbocycles. The zero-order valence-corrected chi connectivity index (χ0v) is 9.86. The largest absolute Gasteiger partial charge is 0.307 e. The number of amides is 1. The molecule has 0 aliphatic heterocycles. The Morgan fingerprint density at radius 2 is 1.86 bits per heavy atom. The Hall–Kier alpha value is -0.620. The Morgan fingerprint density at radius 1 is 1.36 bits per heavy atom. The van der Waals surface area contributed by atoms with Gasteiger partial charge in [-0.05, 0) is 27.3 Å². The van der Waals surface area contributed by atoms with Crippen LogP contribution in [0.5, 0.6) is 0 Å². The number of carbonyl (C=O) groups excluding carboxylic acids is 1. The molecule has 0 radical (unpaired) electrons. The average molecular weight is 222 g/mol. The summed E-state index contributed by atoms with van der Waals surface area (Å²) in [4.78, 5) is 11.4. The van der Waals surface area contributed by atoms with Gasteiger partial charge in [0.05, 0.1) is 11.3 Å². The van der Waals surface area contributed by atoms with E-state index in [-0.39, 0.29) is 5.75 Å². The summed E-state index contributed by atoms with van der Waals surface area (Å²) in [5.74, 6) is -0.563. The summed E-state index contributed by atoms with van der Waals surface area (Å²) in [5, 5.41) is 2.73. The highest BCUT2D eigenvalue weighted by Gasteiger charge is 2.28. The molecule has 5 nitrogen and oxygen atoms in total. The third kappa shape index (κ3) is 4.06. The minimum atomic E-state index is -3.46. The van der Waals surface area contributed by atoms with E-state index in [1.54, 1.807) is 27.8 Å². The summed E-state index contributed by atoms with van der Waals surface area (Å²) in [7, 11) is -1.86. The van der Waals surface area contributed by atoms with E-state index in [1.165, 1.54) is 0 Å². The molecule has 0 rings (SSSR count). The predicted molar refractivity (Wildman–Crippen MR) is 55.4 cm³/mol. The Morgan fingerprint density at radius 3 is 2.21 bits per heavy atom. The molecule has 0 saturated carbocycles. The summed E-state index contributed by atoms with van der Waals surface area (Å²) in [6.07, 6.45) is 0.489. The van der Waals surface area contributed by atoms with Crippen molar-refractivity contribution in [1.82, 2.24) is 10.0 Å². The molecule has 0 unspecified atom stereocenters. The average Bonchev–Trinajstić information content (AvgIpc) is 2.03. The number of hydrogen-bond acceptors (Lipinski definition) is 4. The van der Waals surface area contributed by atoms with Crippen LogP contribution in [-0.2, 0) is 14.8 Å². The van der Waals surface area contributed by atoms with Crippen molar-refractivity contribution in [2.24, 2.45) is 0 Å².